The van der Waals surface area contributed by atoms with Crippen LogP contribution < -0.4 is 14.2 Å². The maximum Gasteiger partial charge on any atom is 0.338 e. The first-order chi connectivity index (χ1) is 14.1. The van der Waals surface area contributed by atoms with Gasteiger partial charge in [0.25, 0.3) is 0 Å². The first-order valence-corrected chi connectivity index (χ1v) is 9.31. The summed E-state index contributed by atoms with van der Waals surface area (Å²) in [6.07, 6.45) is 0. The third-order valence-electron chi connectivity index (χ3n) is 4.06. The van der Waals surface area contributed by atoms with E-state index < -0.39 is 5.97 Å². The summed E-state index contributed by atoms with van der Waals surface area (Å²) in [6.45, 7) is 4.72. The molecule has 0 atom stereocenters. The van der Waals surface area contributed by atoms with Crippen molar-refractivity contribution in [2.45, 2.75) is 20.5 Å². The van der Waals surface area contributed by atoms with Gasteiger partial charge in [0.15, 0.2) is 17.3 Å². The van der Waals surface area contributed by atoms with E-state index in [2.05, 4.69) is 5.16 Å². The second-order valence-corrected chi connectivity index (χ2v) is 6.01. The van der Waals surface area contributed by atoms with Gasteiger partial charge in [-0.15, -0.1) is 0 Å². The number of hydrogen-bond acceptors (Lipinski definition) is 7. The number of carbonyl (C=O) groups excluding carboxylic acids is 1. The Balaban J connectivity index is 1.64. The van der Waals surface area contributed by atoms with Gasteiger partial charge in [-0.05, 0) is 56.3 Å². The molecule has 0 fully saturated rings. The Hall–Kier alpha value is -3.48. The van der Waals surface area contributed by atoms with Crippen molar-refractivity contribution in [1.82, 2.24) is 5.16 Å². The lowest BCUT2D eigenvalue weighted by molar-refractivity contribution is 0.0463. The highest BCUT2D eigenvalue weighted by molar-refractivity contribution is 5.90. The van der Waals surface area contributed by atoms with Crippen molar-refractivity contribution < 1.29 is 28.3 Å². The van der Waals surface area contributed by atoms with Crippen molar-refractivity contribution in [3.8, 4) is 28.6 Å². The first-order valence-electron chi connectivity index (χ1n) is 9.31. The van der Waals surface area contributed by atoms with E-state index in [-0.39, 0.29) is 6.61 Å². The Morgan fingerprint density at radius 3 is 2.38 bits per heavy atom. The van der Waals surface area contributed by atoms with Crippen LogP contribution in [0.4, 0.5) is 0 Å². The Morgan fingerprint density at radius 1 is 0.966 bits per heavy atom. The van der Waals surface area contributed by atoms with Crippen LogP contribution in [0.5, 0.6) is 17.2 Å². The lowest BCUT2D eigenvalue weighted by atomic mass is 10.1. The molecule has 7 heteroatoms. The van der Waals surface area contributed by atoms with Crippen molar-refractivity contribution in [3.63, 3.8) is 0 Å². The van der Waals surface area contributed by atoms with Gasteiger partial charge in [0, 0.05) is 11.6 Å². The van der Waals surface area contributed by atoms with Gasteiger partial charge in [0.05, 0.1) is 25.9 Å². The largest absolute Gasteiger partial charge is 0.497 e. The van der Waals surface area contributed by atoms with E-state index in [0.29, 0.717) is 41.7 Å². The van der Waals surface area contributed by atoms with Crippen LogP contribution in [0.1, 0.15) is 29.9 Å². The van der Waals surface area contributed by atoms with Crippen LogP contribution in [-0.4, -0.2) is 31.4 Å². The van der Waals surface area contributed by atoms with Crippen LogP contribution in [-0.2, 0) is 11.3 Å². The molecule has 3 rings (SSSR count). The van der Waals surface area contributed by atoms with Gasteiger partial charge in [0.1, 0.15) is 18.1 Å². The number of ether oxygens (including phenoxy) is 4. The Kier molecular flexibility index (Phi) is 6.73. The number of rotatable bonds is 9. The predicted octanol–water partition coefficient (Wildman–Crippen LogP) is 4.50. The molecule has 29 heavy (non-hydrogen) atoms. The maximum atomic E-state index is 12.4. The zero-order valence-corrected chi connectivity index (χ0v) is 16.6. The summed E-state index contributed by atoms with van der Waals surface area (Å²) in [6, 6.07) is 14.1. The fourth-order valence-electron chi connectivity index (χ4n) is 2.67. The van der Waals surface area contributed by atoms with E-state index in [1.165, 1.54) is 0 Å². The molecule has 0 aliphatic carbocycles. The smallest absolute Gasteiger partial charge is 0.338 e. The zero-order chi connectivity index (χ0) is 20.6. The molecule has 0 saturated carbocycles. The Bertz CT molecular complexity index is 948. The molecule has 0 amide bonds. The molecular weight excluding hydrogens is 374 g/mol. The maximum absolute atomic E-state index is 12.4. The van der Waals surface area contributed by atoms with E-state index in [1.807, 2.05) is 38.1 Å². The lowest BCUT2D eigenvalue weighted by Crippen LogP contribution is -2.07. The number of carbonyl (C=O) groups is 1. The molecule has 0 saturated heterocycles. The SMILES string of the molecule is CCOc1ccc(C(=O)OCc2cc(-c3ccc(OC)cc3)on2)cc1OCC. The normalized spacial score (nSPS) is 10.4. The third-order valence-corrected chi connectivity index (χ3v) is 4.06. The number of benzene rings is 2. The van der Waals surface area contributed by atoms with E-state index in [4.69, 9.17) is 23.5 Å². The van der Waals surface area contributed by atoms with Gasteiger partial charge in [-0.2, -0.15) is 0 Å². The fourth-order valence-corrected chi connectivity index (χ4v) is 2.67. The van der Waals surface area contributed by atoms with Gasteiger partial charge in [-0.25, -0.2) is 4.79 Å². The van der Waals surface area contributed by atoms with Crippen molar-refractivity contribution in [3.05, 3.63) is 59.8 Å². The monoisotopic (exact) mass is 397 g/mol. The van der Waals surface area contributed by atoms with Crippen LogP contribution in [0.3, 0.4) is 0 Å². The molecule has 0 aliphatic heterocycles. The molecular formula is C22H23NO6. The molecule has 0 N–H and O–H groups in total. The van der Waals surface area contributed by atoms with Crippen LogP contribution in [0.15, 0.2) is 53.1 Å². The molecule has 2 aromatic carbocycles. The molecule has 0 aliphatic rings. The van der Waals surface area contributed by atoms with E-state index in [9.17, 15) is 4.79 Å². The molecule has 3 aromatic rings. The summed E-state index contributed by atoms with van der Waals surface area (Å²) in [5.41, 5.74) is 1.74. The number of nitrogens with zero attached hydrogens (tertiary/aromatic N) is 1. The van der Waals surface area contributed by atoms with Crippen molar-refractivity contribution in [1.29, 1.82) is 0 Å². The number of aromatic nitrogens is 1. The summed E-state index contributed by atoms with van der Waals surface area (Å²) in [7, 11) is 1.61. The minimum Gasteiger partial charge on any atom is -0.497 e. The number of methoxy groups -OCH3 is 1. The summed E-state index contributed by atoms with van der Waals surface area (Å²) in [5, 5.41) is 3.96. The molecule has 1 aromatic heterocycles. The van der Waals surface area contributed by atoms with Crippen LogP contribution in [0.2, 0.25) is 0 Å². The van der Waals surface area contributed by atoms with Gasteiger partial charge in [0.2, 0.25) is 0 Å². The predicted molar refractivity (Wildman–Crippen MR) is 106 cm³/mol. The summed E-state index contributed by atoms with van der Waals surface area (Å²) in [4.78, 5) is 12.4. The topological polar surface area (TPSA) is 80.0 Å². The minimum atomic E-state index is -0.483. The summed E-state index contributed by atoms with van der Waals surface area (Å²) in [5.74, 6) is 1.95. The van der Waals surface area contributed by atoms with Gasteiger partial charge >= 0.3 is 5.97 Å². The molecule has 0 bridgehead atoms. The molecule has 0 unspecified atom stereocenters. The Morgan fingerprint density at radius 2 is 1.69 bits per heavy atom. The van der Waals surface area contributed by atoms with Crippen molar-refractivity contribution in [2.75, 3.05) is 20.3 Å². The van der Waals surface area contributed by atoms with E-state index >= 15 is 0 Å². The van der Waals surface area contributed by atoms with E-state index in [0.717, 1.165) is 11.3 Å². The summed E-state index contributed by atoms with van der Waals surface area (Å²) >= 11 is 0. The quantitative estimate of drug-likeness (QED) is 0.492. The second kappa shape index (κ2) is 9.64. The fraction of sp³-hybridized carbons (Fsp3) is 0.273. The molecule has 7 nitrogen and oxygen atoms in total. The molecule has 152 valence electrons. The van der Waals surface area contributed by atoms with Crippen LogP contribution >= 0.6 is 0 Å². The number of esters is 1. The number of hydrogen-bond donors (Lipinski definition) is 0. The molecule has 0 radical (unpaired) electrons. The van der Waals surface area contributed by atoms with Gasteiger partial charge < -0.3 is 23.5 Å². The average molecular weight is 397 g/mol. The first kappa shape index (κ1) is 20.3. The summed E-state index contributed by atoms with van der Waals surface area (Å²) < 4.78 is 26.9. The standard InChI is InChI=1S/C22H23NO6/c1-4-26-19-11-8-16(12-21(19)27-5-2)22(24)28-14-17-13-20(29-23-17)15-6-9-18(25-3)10-7-15/h6-13H,4-5,14H2,1-3H3. The molecule has 1 heterocycles. The Labute approximate surface area is 169 Å². The molecule has 0 spiro atoms. The van der Waals surface area contributed by atoms with Gasteiger partial charge in [-0.1, -0.05) is 5.16 Å². The van der Waals surface area contributed by atoms with Crippen molar-refractivity contribution in [2.24, 2.45) is 0 Å². The highest BCUT2D eigenvalue weighted by Gasteiger charge is 2.14. The van der Waals surface area contributed by atoms with Crippen LogP contribution in [0, 0.1) is 0 Å². The highest BCUT2D eigenvalue weighted by atomic mass is 16.5. The second-order valence-electron chi connectivity index (χ2n) is 6.01. The highest BCUT2D eigenvalue weighted by Crippen LogP contribution is 2.29. The van der Waals surface area contributed by atoms with E-state index in [1.54, 1.807) is 31.4 Å². The van der Waals surface area contributed by atoms with Gasteiger partial charge in [-0.3, -0.25) is 0 Å². The lowest BCUT2D eigenvalue weighted by Gasteiger charge is -2.12. The van der Waals surface area contributed by atoms with Crippen LogP contribution in [0.25, 0.3) is 11.3 Å². The minimum absolute atomic E-state index is 0.00430. The third kappa shape index (κ3) is 5.07. The zero-order valence-electron chi connectivity index (χ0n) is 16.6. The average Bonchev–Trinajstić information content (AvgIpc) is 3.22. The van der Waals surface area contributed by atoms with Crippen molar-refractivity contribution >= 4 is 5.97 Å².